The summed E-state index contributed by atoms with van der Waals surface area (Å²) >= 11 is 0. The molecule has 1 saturated carbocycles. The lowest BCUT2D eigenvalue weighted by atomic mass is 10.2. The van der Waals surface area contributed by atoms with E-state index in [1.54, 1.807) is 6.92 Å². The molecular weight excluding hydrogens is 396 g/mol. The van der Waals surface area contributed by atoms with Crippen molar-refractivity contribution in [3.63, 3.8) is 0 Å². The quantitative estimate of drug-likeness (QED) is 0.712. The van der Waals surface area contributed by atoms with E-state index >= 15 is 0 Å². The number of ether oxygens (including phenoxy) is 1. The van der Waals surface area contributed by atoms with Crippen molar-refractivity contribution in [2.75, 3.05) is 5.32 Å². The van der Waals surface area contributed by atoms with Crippen LogP contribution < -0.4 is 15.4 Å². The van der Waals surface area contributed by atoms with Crippen LogP contribution in [0.2, 0.25) is 0 Å². The normalized spacial score (nSPS) is 13.7. The number of aromatic nitrogens is 2. The number of carbonyl (C=O) groups excluding carboxylic acids is 2. The lowest BCUT2D eigenvalue weighted by Gasteiger charge is -2.12. The van der Waals surface area contributed by atoms with Crippen molar-refractivity contribution in [2.24, 2.45) is 5.92 Å². The summed E-state index contributed by atoms with van der Waals surface area (Å²) in [4.78, 5) is 32.2. The SMILES string of the molecule is Cc1cc(C(=O)NCc2cc(OC(F)(F)F)ccc2F)nc(NC(=O)C2CC2)n1. The third kappa shape index (κ3) is 5.87. The van der Waals surface area contributed by atoms with E-state index in [1.807, 2.05) is 0 Å². The monoisotopic (exact) mass is 412 g/mol. The van der Waals surface area contributed by atoms with Crippen LogP contribution in [0.3, 0.4) is 0 Å². The van der Waals surface area contributed by atoms with Gasteiger partial charge in [0.05, 0.1) is 0 Å². The highest BCUT2D eigenvalue weighted by atomic mass is 19.4. The van der Waals surface area contributed by atoms with Crippen molar-refractivity contribution in [3.05, 3.63) is 47.0 Å². The van der Waals surface area contributed by atoms with Gasteiger partial charge in [0.2, 0.25) is 11.9 Å². The molecule has 154 valence electrons. The van der Waals surface area contributed by atoms with Gasteiger partial charge in [0, 0.05) is 23.7 Å². The number of nitrogens with zero attached hydrogens (tertiary/aromatic N) is 2. The van der Waals surface area contributed by atoms with Gasteiger partial charge in [0.1, 0.15) is 17.3 Å². The first-order valence-electron chi connectivity index (χ1n) is 8.59. The zero-order valence-corrected chi connectivity index (χ0v) is 15.1. The number of amides is 2. The molecule has 11 heteroatoms. The molecule has 1 fully saturated rings. The maximum Gasteiger partial charge on any atom is 0.573 e. The van der Waals surface area contributed by atoms with E-state index in [9.17, 15) is 27.2 Å². The van der Waals surface area contributed by atoms with Crippen molar-refractivity contribution in [2.45, 2.75) is 32.7 Å². The molecule has 3 rings (SSSR count). The van der Waals surface area contributed by atoms with Crippen LogP contribution >= 0.6 is 0 Å². The smallest absolute Gasteiger partial charge is 0.406 e. The number of benzene rings is 1. The highest BCUT2D eigenvalue weighted by Crippen LogP contribution is 2.29. The summed E-state index contributed by atoms with van der Waals surface area (Å²) in [6, 6.07) is 3.84. The number of aryl methyl sites for hydroxylation is 1. The molecular formula is C18H16F4N4O3. The number of nitrogens with one attached hydrogen (secondary N) is 2. The number of rotatable bonds is 6. The number of carbonyl (C=O) groups is 2. The average molecular weight is 412 g/mol. The Morgan fingerprint density at radius 1 is 1.21 bits per heavy atom. The summed E-state index contributed by atoms with van der Waals surface area (Å²) in [5, 5.41) is 4.90. The van der Waals surface area contributed by atoms with Gasteiger partial charge in [0.25, 0.3) is 5.91 Å². The van der Waals surface area contributed by atoms with E-state index < -0.39 is 30.4 Å². The lowest BCUT2D eigenvalue weighted by molar-refractivity contribution is -0.274. The minimum Gasteiger partial charge on any atom is -0.406 e. The van der Waals surface area contributed by atoms with Crippen LogP contribution in [-0.4, -0.2) is 28.1 Å². The van der Waals surface area contributed by atoms with E-state index in [-0.39, 0.29) is 29.0 Å². The summed E-state index contributed by atoms with van der Waals surface area (Å²) in [6.07, 6.45) is -3.35. The van der Waals surface area contributed by atoms with Crippen molar-refractivity contribution < 1.29 is 31.9 Å². The fraction of sp³-hybridized carbons (Fsp3) is 0.333. The van der Waals surface area contributed by atoms with Crippen LogP contribution in [-0.2, 0) is 11.3 Å². The minimum absolute atomic E-state index is 0.0289. The third-order valence-electron chi connectivity index (χ3n) is 3.96. The second-order valence-corrected chi connectivity index (χ2v) is 6.47. The number of alkyl halides is 3. The van der Waals surface area contributed by atoms with E-state index in [4.69, 9.17) is 0 Å². The van der Waals surface area contributed by atoms with E-state index in [1.165, 1.54) is 6.07 Å². The van der Waals surface area contributed by atoms with Gasteiger partial charge in [-0.2, -0.15) is 0 Å². The number of hydrogen-bond acceptors (Lipinski definition) is 5. The highest BCUT2D eigenvalue weighted by molar-refractivity contribution is 5.95. The van der Waals surface area contributed by atoms with Crippen molar-refractivity contribution in [1.82, 2.24) is 15.3 Å². The van der Waals surface area contributed by atoms with Gasteiger partial charge >= 0.3 is 6.36 Å². The Hall–Kier alpha value is -3.24. The van der Waals surface area contributed by atoms with Gasteiger partial charge in [-0.15, -0.1) is 13.2 Å². The predicted octanol–water partition coefficient (Wildman–Crippen LogP) is 3.10. The molecule has 7 nitrogen and oxygen atoms in total. The standard InChI is InChI=1S/C18H16F4N4O3/c1-9-6-14(25-17(24-9)26-15(27)10-2-3-10)16(28)23-8-11-7-12(4-5-13(11)19)29-18(20,21)22/h4-7,10H,2-3,8H2,1H3,(H,23,28)(H,24,25,26,27). The van der Waals surface area contributed by atoms with Gasteiger partial charge in [-0.1, -0.05) is 0 Å². The zero-order valence-electron chi connectivity index (χ0n) is 15.1. The first-order chi connectivity index (χ1) is 13.6. The van der Waals surface area contributed by atoms with Crippen LogP contribution in [0.5, 0.6) is 5.75 Å². The summed E-state index contributed by atoms with van der Waals surface area (Å²) in [6.45, 7) is 1.20. The molecule has 0 unspecified atom stereocenters. The van der Waals surface area contributed by atoms with Crippen LogP contribution in [0.1, 0.15) is 34.6 Å². The van der Waals surface area contributed by atoms with Gasteiger partial charge in [-0.05, 0) is 44.0 Å². The molecule has 0 atom stereocenters. The van der Waals surface area contributed by atoms with Crippen molar-refractivity contribution >= 4 is 17.8 Å². The summed E-state index contributed by atoms with van der Waals surface area (Å²) < 4.78 is 54.5. The Morgan fingerprint density at radius 3 is 2.59 bits per heavy atom. The minimum atomic E-state index is -4.92. The largest absolute Gasteiger partial charge is 0.573 e. The molecule has 2 N–H and O–H groups in total. The number of anilines is 1. The molecule has 0 radical (unpaired) electrons. The molecule has 0 bridgehead atoms. The molecule has 0 saturated heterocycles. The van der Waals surface area contributed by atoms with Gasteiger partial charge < -0.3 is 10.1 Å². The molecule has 1 heterocycles. The zero-order chi connectivity index (χ0) is 21.2. The summed E-state index contributed by atoms with van der Waals surface area (Å²) in [5.74, 6) is -2.46. The Kier molecular flexibility index (Phi) is 5.66. The molecule has 2 aromatic rings. The van der Waals surface area contributed by atoms with E-state index in [2.05, 4.69) is 25.3 Å². The summed E-state index contributed by atoms with van der Waals surface area (Å²) in [7, 11) is 0. The molecule has 29 heavy (non-hydrogen) atoms. The molecule has 1 aliphatic rings. The lowest BCUT2D eigenvalue weighted by Crippen LogP contribution is -2.26. The second-order valence-electron chi connectivity index (χ2n) is 6.47. The van der Waals surface area contributed by atoms with Gasteiger partial charge in [-0.25, -0.2) is 14.4 Å². The van der Waals surface area contributed by atoms with Gasteiger partial charge in [-0.3, -0.25) is 14.9 Å². The maximum atomic E-state index is 13.8. The van der Waals surface area contributed by atoms with E-state index in [0.717, 1.165) is 31.0 Å². The average Bonchev–Trinajstić information content (AvgIpc) is 3.45. The van der Waals surface area contributed by atoms with Crippen LogP contribution in [0.15, 0.2) is 24.3 Å². The van der Waals surface area contributed by atoms with Crippen molar-refractivity contribution in [3.8, 4) is 5.75 Å². The Bertz CT molecular complexity index is 945. The Balaban J connectivity index is 1.68. The van der Waals surface area contributed by atoms with Crippen molar-refractivity contribution in [1.29, 1.82) is 0 Å². The fourth-order valence-corrected chi connectivity index (χ4v) is 2.45. The number of hydrogen-bond donors (Lipinski definition) is 2. The number of halogens is 4. The Labute approximate surface area is 162 Å². The van der Waals surface area contributed by atoms with Crippen LogP contribution in [0.4, 0.5) is 23.5 Å². The molecule has 1 aromatic heterocycles. The molecule has 0 aliphatic heterocycles. The van der Waals surface area contributed by atoms with E-state index in [0.29, 0.717) is 5.69 Å². The Morgan fingerprint density at radius 2 is 1.93 bits per heavy atom. The van der Waals surface area contributed by atoms with Gasteiger partial charge in [0.15, 0.2) is 0 Å². The van der Waals surface area contributed by atoms with Crippen LogP contribution in [0.25, 0.3) is 0 Å². The topological polar surface area (TPSA) is 93.2 Å². The van der Waals surface area contributed by atoms with Crippen LogP contribution in [0, 0.1) is 18.7 Å². The molecule has 1 aliphatic carbocycles. The molecule has 0 spiro atoms. The first-order valence-corrected chi connectivity index (χ1v) is 8.59. The first kappa shape index (κ1) is 20.5. The third-order valence-corrected chi connectivity index (χ3v) is 3.96. The fourth-order valence-electron chi connectivity index (χ4n) is 2.45. The molecule has 2 amide bonds. The highest BCUT2D eigenvalue weighted by Gasteiger charge is 2.31. The molecule has 1 aromatic carbocycles. The predicted molar refractivity (Wildman–Crippen MR) is 92.4 cm³/mol. The second kappa shape index (κ2) is 8.02. The summed E-state index contributed by atoms with van der Waals surface area (Å²) in [5.41, 5.74) is 0.142. The maximum absolute atomic E-state index is 13.8.